The molecule has 1 N–H and O–H groups in total. The minimum atomic E-state index is -1.01. The maximum atomic E-state index is 11.8. The van der Waals surface area contributed by atoms with Gasteiger partial charge in [0.05, 0.1) is 6.20 Å². The van der Waals surface area contributed by atoms with E-state index in [1.165, 1.54) is 16.6 Å². The van der Waals surface area contributed by atoms with Gasteiger partial charge in [0.25, 0.3) is 0 Å². The number of carbonyl (C=O) groups is 2. The lowest BCUT2D eigenvalue weighted by Crippen LogP contribution is -2.38. The summed E-state index contributed by atoms with van der Waals surface area (Å²) in [7, 11) is 3.06. The predicted molar refractivity (Wildman–Crippen MR) is 61.0 cm³/mol. The molecule has 1 aromatic heterocycles. The minimum Gasteiger partial charge on any atom is -0.465 e. The monoisotopic (exact) mass is 240 g/mol. The Kier molecular flexibility index (Phi) is 4.08. The van der Waals surface area contributed by atoms with Crippen molar-refractivity contribution in [1.29, 1.82) is 0 Å². The van der Waals surface area contributed by atoms with Gasteiger partial charge in [0.2, 0.25) is 0 Å². The van der Waals surface area contributed by atoms with Gasteiger partial charge in [-0.05, 0) is 12.5 Å². The van der Waals surface area contributed by atoms with Crippen molar-refractivity contribution in [3.63, 3.8) is 0 Å². The van der Waals surface area contributed by atoms with Gasteiger partial charge < -0.3 is 14.9 Å². The van der Waals surface area contributed by atoms with Gasteiger partial charge in [-0.25, -0.2) is 9.59 Å². The van der Waals surface area contributed by atoms with Crippen LogP contribution in [-0.4, -0.2) is 64.0 Å². The van der Waals surface area contributed by atoms with E-state index in [0.717, 1.165) is 10.5 Å². The topological polar surface area (TPSA) is 78.7 Å². The molecule has 0 aliphatic carbocycles. The van der Waals surface area contributed by atoms with Crippen molar-refractivity contribution in [3.05, 3.63) is 18.0 Å². The molecule has 0 aromatic carbocycles. The quantitative estimate of drug-likeness (QED) is 0.843. The molecule has 1 aromatic rings. The van der Waals surface area contributed by atoms with Crippen LogP contribution in [0, 0.1) is 6.92 Å². The van der Waals surface area contributed by atoms with E-state index in [1.54, 1.807) is 19.4 Å². The molecule has 1 heterocycles. The third kappa shape index (κ3) is 3.47. The highest BCUT2D eigenvalue weighted by Crippen LogP contribution is 1.97. The summed E-state index contributed by atoms with van der Waals surface area (Å²) >= 11 is 0. The van der Waals surface area contributed by atoms with E-state index in [2.05, 4.69) is 5.10 Å². The summed E-state index contributed by atoms with van der Waals surface area (Å²) in [5.74, 6) is 0. The van der Waals surface area contributed by atoms with Crippen molar-refractivity contribution in [3.8, 4) is 0 Å². The Bertz CT molecular complexity index is 415. The van der Waals surface area contributed by atoms with Crippen LogP contribution in [0.3, 0.4) is 0 Å². The Hall–Kier alpha value is -2.05. The highest BCUT2D eigenvalue weighted by atomic mass is 16.4. The van der Waals surface area contributed by atoms with E-state index >= 15 is 0 Å². The van der Waals surface area contributed by atoms with Crippen LogP contribution in [0.5, 0.6) is 0 Å². The number of carbonyl (C=O) groups excluding carboxylic acids is 1. The first-order valence-electron chi connectivity index (χ1n) is 5.12. The molecular formula is C10H16N4O3. The second kappa shape index (κ2) is 5.33. The van der Waals surface area contributed by atoms with E-state index in [9.17, 15) is 9.59 Å². The largest absolute Gasteiger partial charge is 0.465 e. The first-order valence-corrected chi connectivity index (χ1v) is 5.12. The van der Waals surface area contributed by atoms with Crippen LogP contribution in [0.15, 0.2) is 12.4 Å². The fourth-order valence-electron chi connectivity index (χ4n) is 1.18. The molecule has 2 amide bonds. The van der Waals surface area contributed by atoms with Gasteiger partial charge in [-0.1, -0.05) is 0 Å². The maximum absolute atomic E-state index is 11.8. The number of hydrogen-bond acceptors (Lipinski definition) is 3. The Balaban J connectivity index is 2.50. The van der Waals surface area contributed by atoms with Crippen LogP contribution < -0.4 is 0 Å². The maximum Gasteiger partial charge on any atom is 0.407 e. The number of likely N-dealkylation sites (N-methyl/N-ethyl adjacent to an activating group) is 2. The van der Waals surface area contributed by atoms with Crippen LogP contribution in [0.1, 0.15) is 5.56 Å². The number of nitrogens with zero attached hydrogens (tertiary/aromatic N) is 4. The second-order valence-corrected chi connectivity index (χ2v) is 3.87. The number of carboxylic acid groups (broad SMARTS) is 1. The number of aromatic nitrogens is 2. The molecule has 0 radical (unpaired) electrons. The van der Waals surface area contributed by atoms with Gasteiger partial charge in [0.15, 0.2) is 0 Å². The van der Waals surface area contributed by atoms with Gasteiger partial charge in [-0.15, -0.1) is 0 Å². The molecule has 94 valence electrons. The Morgan fingerprint density at radius 1 is 1.35 bits per heavy atom. The van der Waals surface area contributed by atoms with Crippen LogP contribution in [-0.2, 0) is 0 Å². The molecule has 0 fully saturated rings. The lowest BCUT2D eigenvalue weighted by Gasteiger charge is -2.20. The summed E-state index contributed by atoms with van der Waals surface area (Å²) in [6.07, 6.45) is 2.20. The second-order valence-electron chi connectivity index (χ2n) is 3.87. The summed E-state index contributed by atoms with van der Waals surface area (Å²) < 4.78 is 1.23. The van der Waals surface area contributed by atoms with Crippen molar-refractivity contribution >= 4 is 12.1 Å². The number of amides is 2. The van der Waals surface area contributed by atoms with E-state index in [0.29, 0.717) is 6.54 Å². The first-order chi connectivity index (χ1) is 7.91. The van der Waals surface area contributed by atoms with Crippen molar-refractivity contribution in [2.24, 2.45) is 0 Å². The van der Waals surface area contributed by atoms with Crippen molar-refractivity contribution in [2.45, 2.75) is 6.92 Å². The molecular weight excluding hydrogens is 224 g/mol. The number of rotatable bonds is 3. The molecule has 0 aliphatic heterocycles. The lowest BCUT2D eigenvalue weighted by atomic mass is 10.4. The Morgan fingerprint density at radius 3 is 2.41 bits per heavy atom. The van der Waals surface area contributed by atoms with Gasteiger partial charge in [-0.2, -0.15) is 9.78 Å². The Morgan fingerprint density at radius 2 is 1.94 bits per heavy atom. The summed E-state index contributed by atoms with van der Waals surface area (Å²) in [4.78, 5) is 24.9. The van der Waals surface area contributed by atoms with Crippen LogP contribution >= 0.6 is 0 Å². The van der Waals surface area contributed by atoms with Gasteiger partial charge in [-0.3, -0.25) is 0 Å². The molecule has 0 atom stereocenters. The van der Waals surface area contributed by atoms with E-state index in [1.807, 2.05) is 6.92 Å². The molecule has 7 heteroatoms. The number of hydrogen-bond donors (Lipinski definition) is 1. The van der Waals surface area contributed by atoms with Crippen molar-refractivity contribution < 1.29 is 14.7 Å². The van der Waals surface area contributed by atoms with Crippen LogP contribution in [0.4, 0.5) is 9.59 Å². The van der Waals surface area contributed by atoms with Gasteiger partial charge in [0, 0.05) is 33.4 Å². The summed E-state index contributed by atoms with van der Waals surface area (Å²) in [5.41, 5.74) is 0.898. The SMILES string of the molecule is Cc1cnn(C(=O)N(C)CCN(C)C(=O)O)c1. The highest BCUT2D eigenvalue weighted by Gasteiger charge is 2.13. The van der Waals surface area contributed by atoms with Crippen LogP contribution in [0.25, 0.3) is 0 Å². The van der Waals surface area contributed by atoms with E-state index in [-0.39, 0.29) is 12.6 Å². The zero-order valence-electron chi connectivity index (χ0n) is 10.1. The van der Waals surface area contributed by atoms with Crippen LogP contribution in [0.2, 0.25) is 0 Å². The third-order valence-corrected chi connectivity index (χ3v) is 2.33. The smallest absolute Gasteiger partial charge is 0.407 e. The average molecular weight is 240 g/mol. The van der Waals surface area contributed by atoms with Gasteiger partial charge in [0.1, 0.15) is 0 Å². The van der Waals surface area contributed by atoms with Crippen molar-refractivity contribution in [1.82, 2.24) is 19.6 Å². The Labute approximate surface area is 99.2 Å². The van der Waals surface area contributed by atoms with E-state index in [4.69, 9.17) is 5.11 Å². The molecule has 0 saturated heterocycles. The molecule has 7 nitrogen and oxygen atoms in total. The zero-order chi connectivity index (χ0) is 13.0. The molecule has 0 unspecified atom stereocenters. The molecule has 0 saturated carbocycles. The number of aryl methyl sites for hydroxylation is 1. The minimum absolute atomic E-state index is 0.262. The summed E-state index contributed by atoms with van der Waals surface area (Å²) in [6.45, 7) is 2.42. The predicted octanol–water partition coefficient (Wildman–Crippen LogP) is 0.701. The summed E-state index contributed by atoms with van der Waals surface area (Å²) in [6, 6.07) is -0.281. The normalized spacial score (nSPS) is 10.1. The first kappa shape index (κ1) is 13.0. The standard InChI is InChI=1S/C10H16N4O3/c1-8-6-11-14(7-8)9(15)12(2)4-5-13(3)10(16)17/h6-7H,4-5H2,1-3H3,(H,16,17). The van der Waals surface area contributed by atoms with Crippen molar-refractivity contribution in [2.75, 3.05) is 27.2 Å². The average Bonchev–Trinajstić information content (AvgIpc) is 2.70. The fourth-order valence-corrected chi connectivity index (χ4v) is 1.18. The highest BCUT2D eigenvalue weighted by molar-refractivity contribution is 5.75. The van der Waals surface area contributed by atoms with E-state index < -0.39 is 6.09 Å². The molecule has 17 heavy (non-hydrogen) atoms. The molecule has 0 aliphatic rings. The zero-order valence-corrected chi connectivity index (χ0v) is 10.1. The fraction of sp³-hybridized carbons (Fsp3) is 0.500. The summed E-state index contributed by atoms with van der Waals surface area (Å²) in [5, 5.41) is 12.6. The third-order valence-electron chi connectivity index (χ3n) is 2.33. The van der Waals surface area contributed by atoms with Gasteiger partial charge >= 0.3 is 12.1 Å². The molecule has 0 spiro atoms. The molecule has 0 bridgehead atoms. The lowest BCUT2D eigenvalue weighted by molar-refractivity contribution is 0.150. The molecule has 1 rings (SSSR count).